The molecule has 6 nitrogen and oxygen atoms in total. The summed E-state index contributed by atoms with van der Waals surface area (Å²) in [5, 5.41) is 16.7. The Hall–Kier alpha value is -1.86. The van der Waals surface area contributed by atoms with E-state index in [1.165, 1.54) is 13.2 Å². The van der Waals surface area contributed by atoms with Crippen LogP contribution in [-0.2, 0) is 11.8 Å². The summed E-state index contributed by atoms with van der Waals surface area (Å²) in [6.45, 7) is 4.13. The molecule has 0 saturated heterocycles. The topological polar surface area (TPSA) is 72.3 Å². The number of benzene rings is 1. The summed E-state index contributed by atoms with van der Waals surface area (Å²) < 4.78 is 12.2. The summed E-state index contributed by atoms with van der Waals surface area (Å²) in [6.07, 6.45) is 0. The second-order valence-electron chi connectivity index (χ2n) is 3.64. The predicted molar refractivity (Wildman–Crippen MR) is 79.3 cm³/mol. The molecule has 1 heterocycles. The number of nitrogens with one attached hydrogen (secondary N) is 1. The van der Waals surface area contributed by atoms with Crippen LogP contribution < -0.4 is 4.74 Å². The third-order valence-corrected chi connectivity index (χ3v) is 2.80. The Morgan fingerprint density at radius 3 is 2.60 bits per heavy atom. The Labute approximate surface area is 123 Å². The number of H-pyrrole nitrogens is 1. The average Bonchev–Trinajstić information content (AvgIpc) is 2.79. The van der Waals surface area contributed by atoms with E-state index in [0.29, 0.717) is 21.9 Å². The number of ether oxygens (including phenoxy) is 2. The van der Waals surface area contributed by atoms with Gasteiger partial charge in [-0.15, -0.1) is 0 Å². The van der Waals surface area contributed by atoms with Crippen molar-refractivity contribution < 1.29 is 14.6 Å². The second-order valence-corrected chi connectivity index (χ2v) is 4.03. The lowest BCUT2D eigenvalue weighted by atomic mass is 10.2. The minimum Gasteiger partial charge on any atom is -0.507 e. The number of phenolic OH excluding ortho intramolecular Hbond substituents is 1. The van der Waals surface area contributed by atoms with Crippen LogP contribution in [0.15, 0.2) is 18.2 Å². The van der Waals surface area contributed by atoms with Gasteiger partial charge < -0.3 is 19.1 Å². The van der Waals surface area contributed by atoms with Crippen molar-refractivity contribution in [2.45, 2.75) is 13.8 Å². The second kappa shape index (κ2) is 7.66. The van der Waals surface area contributed by atoms with Gasteiger partial charge in [-0.1, -0.05) is 13.8 Å². The lowest BCUT2D eigenvalue weighted by molar-refractivity contribution is 0.0510. The quantitative estimate of drug-likeness (QED) is 0.670. The first-order valence-corrected chi connectivity index (χ1v) is 6.61. The molecule has 0 bridgehead atoms. The van der Waals surface area contributed by atoms with Gasteiger partial charge >= 0.3 is 0 Å². The minimum atomic E-state index is 0.0701. The van der Waals surface area contributed by atoms with Gasteiger partial charge in [-0.3, -0.25) is 5.10 Å². The van der Waals surface area contributed by atoms with Gasteiger partial charge in [0.1, 0.15) is 11.5 Å². The number of rotatable bonds is 4. The molecule has 0 aliphatic carbocycles. The van der Waals surface area contributed by atoms with E-state index in [-0.39, 0.29) is 12.5 Å². The third-order valence-electron chi connectivity index (χ3n) is 2.43. The van der Waals surface area contributed by atoms with E-state index >= 15 is 0 Å². The molecule has 7 heteroatoms. The fourth-order valence-electron chi connectivity index (χ4n) is 1.51. The van der Waals surface area contributed by atoms with Crippen LogP contribution in [0.5, 0.6) is 11.5 Å². The third kappa shape index (κ3) is 3.58. The molecule has 20 heavy (non-hydrogen) atoms. The molecule has 0 saturated carbocycles. The summed E-state index contributed by atoms with van der Waals surface area (Å²) >= 11 is 5.02. The molecule has 0 aliphatic heterocycles. The number of methoxy groups -OCH3 is 1. The molecule has 0 spiro atoms. The first-order valence-electron chi connectivity index (χ1n) is 6.20. The maximum atomic E-state index is 9.96. The van der Waals surface area contributed by atoms with Crippen molar-refractivity contribution in [1.29, 1.82) is 0 Å². The van der Waals surface area contributed by atoms with Gasteiger partial charge in [-0.05, 0) is 24.4 Å². The van der Waals surface area contributed by atoms with Gasteiger partial charge in [-0.2, -0.15) is 5.10 Å². The average molecular weight is 297 g/mol. The molecule has 0 radical (unpaired) electrons. The Bertz CT molecular complexity index is 607. The van der Waals surface area contributed by atoms with Crippen LogP contribution in [0.2, 0.25) is 0 Å². The molecule has 1 aromatic carbocycles. The zero-order chi connectivity index (χ0) is 15.1. The van der Waals surface area contributed by atoms with Crippen LogP contribution in [-0.4, -0.2) is 33.8 Å². The first kappa shape index (κ1) is 16.2. The zero-order valence-corrected chi connectivity index (χ0v) is 12.8. The van der Waals surface area contributed by atoms with Gasteiger partial charge in [0.2, 0.25) is 0 Å². The normalized spacial score (nSPS) is 9.80. The standard InChI is InChI=1S/C11H13N3O3S.C2H6/c1-14-10(12-13-11(14)18)8-4-3-7(5-9(8)15)17-6-16-2;1-2/h3-5,15H,6H2,1-2H3,(H,13,18);1-2H3. The fourth-order valence-corrected chi connectivity index (χ4v) is 1.64. The smallest absolute Gasteiger partial charge is 0.195 e. The number of hydrogen-bond donors (Lipinski definition) is 2. The van der Waals surface area contributed by atoms with E-state index in [9.17, 15) is 5.11 Å². The predicted octanol–water partition coefficient (Wildman–Crippen LogP) is 2.86. The Kier molecular flexibility index (Phi) is 6.20. The number of nitrogens with zero attached hydrogens (tertiary/aromatic N) is 2. The molecule has 2 aromatic rings. The van der Waals surface area contributed by atoms with Crippen LogP contribution in [0.1, 0.15) is 13.8 Å². The van der Waals surface area contributed by atoms with E-state index in [1.54, 1.807) is 23.7 Å². The van der Waals surface area contributed by atoms with Gasteiger partial charge in [-0.25, -0.2) is 0 Å². The maximum absolute atomic E-state index is 9.96. The Balaban J connectivity index is 0.000000956. The van der Waals surface area contributed by atoms with E-state index in [0.717, 1.165) is 0 Å². The highest BCUT2D eigenvalue weighted by Crippen LogP contribution is 2.30. The minimum absolute atomic E-state index is 0.0701. The fraction of sp³-hybridized carbons (Fsp3) is 0.385. The molecule has 2 N–H and O–H groups in total. The molecule has 110 valence electrons. The van der Waals surface area contributed by atoms with Crippen molar-refractivity contribution in [3.63, 3.8) is 0 Å². The lowest BCUT2D eigenvalue weighted by Gasteiger charge is -2.08. The van der Waals surface area contributed by atoms with Crippen LogP contribution in [0.3, 0.4) is 0 Å². The summed E-state index contributed by atoms with van der Waals surface area (Å²) in [4.78, 5) is 0. The van der Waals surface area contributed by atoms with E-state index in [4.69, 9.17) is 21.7 Å². The van der Waals surface area contributed by atoms with E-state index in [1.807, 2.05) is 13.8 Å². The summed E-state index contributed by atoms with van der Waals surface area (Å²) in [5.41, 5.74) is 0.578. The molecule has 2 rings (SSSR count). The number of aromatic nitrogens is 3. The monoisotopic (exact) mass is 297 g/mol. The highest BCUT2D eigenvalue weighted by molar-refractivity contribution is 7.71. The van der Waals surface area contributed by atoms with Crippen molar-refractivity contribution in [3.05, 3.63) is 23.0 Å². The van der Waals surface area contributed by atoms with Crippen molar-refractivity contribution in [2.75, 3.05) is 13.9 Å². The molecule has 0 amide bonds. The zero-order valence-electron chi connectivity index (χ0n) is 12.0. The van der Waals surface area contributed by atoms with E-state index < -0.39 is 0 Å². The van der Waals surface area contributed by atoms with Crippen LogP contribution in [0.4, 0.5) is 0 Å². The van der Waals surface area contributed by atoms with Crippen molar-refractivity contribution >= 4 is 12.2 Å². The highest BCUT2D eigenvalue weighted by atomic mass is 32.1. The molecular weight excluding hydrogens is 278 g/mol. The molecule has 0 fully saturated rings. The van der Waals surface area contributed by atoms with E-state index in [2.05, 4.69) is 10.2 Å². The molecular formula is C13H19N3O3S. The summed E-state index contributed by atoms with van der Waals surface area (Å²) in [6, 6.07) is 4.95. The Morgan fingerprint density at radius 2 is 2.10 bits per heavy atom. The molecule has 0 aliphatic rings. The number of aromatic hydroxyl groups is 1. The Morgan fingerprint density at radius 1 is 1.40 bits per heavy atom. The molecule has 0 unspecified atom stereocenters. The summed E-state index contributed by atoms with van der Waals surface area (Å²) in [5.74, 6) is 1.16. The van der Waals surface area contributed by atoms with Gasteiger partial charge in [0.15, 0.2) is 17.4 Å². The van der Waals surface area contributed by atoms with Crippen molar-refractivity contribution in [1.82, 2.24) is 14.8 Å². The number of hydrogen-bond acceptors (Lipinski definition) is 5. The first-order chi connectivity index (χ1) is 9.63. The number of aromatic amines is 1. The van der Waals surface area contributed by atoms with Gasteiger partial charge in [0.25, 0.3) is 0 Å². The highest BCUT2D eigenvalue weighted by Gasteiger charge is 2.11. The largest absolute Gasteiger partial charge is 0.507 e. The number of phenols is 1. The molecule has 0 atom stereocenters. The SMILES string of the molecule is CC.COCOc1ccc(-c2n[nH]c(=S)n2C)c(O)c1. The lowest BCUT2D eigenvalue weighted by Crippen LogP contribution is -1.99. The van der Waals surface area contributed by atoms with Crippen LogP contribution in [0.25, 0.3) is 11.4 Å². The van der Waals surface area contributed by atoms with Gasteiger partial charge in [0.05, 0.1) is 5.56 Å². The van der Waals surface area contributed by atoms with Crippen LogP contribution >= 0.6 is 12.2 Å². The molecule has 1 aromatic heterocycles. The van der Waals surface area contributed by atoms with Crippen LogP contribution in [0, 0.1) is 4.77 Å². The van der Waals surface area contributed by atoms with Crippen molar-refractivity contribution in [3.8, 4) is 22.9 Å². The maximum Gasteiger partial charge on any atom is 0.195 e. The summed E-state index contributed by atoms with van der Waals surface area (Å²) in [7, 11) is 3.30. The van der Waals surface area contributed by atoms with Gasteiger partial charge in [0, 0.05) is 20.2 Å². The van der Waals surface area contributed by atoms with Crippen molar-refractivity contribution in [2.24, 2.45) is 7.05 Å².